The molecule has 6 rings (SSSR count). The Balaban J connectivity index is 1.42. The first-order valence-corrected chi connectivity index (χ1v) is 12.7. The number of anilines is 3. The maximum Gasteiger partial charge on any atom is 0.0635 e. The van der Waals surface area contributed by atoms with Crippen LogP contribution in [0.4, 0.5) is 17.1 Å². The second kappa shape index (κ2) is 7.65. The lowest BCUT2D eigenvalue weighted by molar-refractivity contribution is 1.28. The van der Waals surface area contributed by atoms with Crippen LogP contribution in [0.3, 0.4) is 0 Å². The minimum Gasteiger partial charge on any atom is -0.311 e. The van der Waals surface area contributed by atoms with Gasteiger partial charge < -0.3 is 4.90 Å². The van der Waals surface area contributed by atoms with E-state index in [0.717, 1.165) is 17.1 Å². The van der Waals surface area contributed by atoms with Crippen molar-refractivity contribution in [3.63, 3.8) is 0 Å². The van der Waals surface area contributed by atoms with E-state index in [1.165, 1.54) is 34.8 Å². The van der Waals surface area contributed by atoms with Crippen LogP contribution in [-0.2, 0) is 0 Å². The number of fused-ring (bicyclic) bond motifs is 3. The van der Waals surface area contributed by atoms with Gasteiger partial charge in [-0.05, 0) is 55.0 Å². The Bertz CT molecular complexity index is 1430. The molecule has 6 aromatic rings. The summed E-state index contributed by atoms with van der Waals surface area (Å²) in [6.07, 6.45) is 0. The van der Waals surface area contributed by atoms with E-state index < -0.39 is 0 Å². The predicted octanol–water partition coefficient (Wildman–Crippen LogP) is 9.62. The third-order valence-corrected chi connectivity index (χ3v) is 9.07. The average Bonchev–Trinajstić information content (AvgIpc) is 3.47. The third-order valence-electron chi connectivity index (χ3n) is 5.45. The molecular formula is C27H19NS3. The molecule has 0 spiro atoms. The van der Waals surface area contributed by atoms with Crippen LogP contribution >= 0.6 is 34.0 Å². The monoisotopic (exact) mass is 453 g/mol. The van der Waals surface area contributed by atoms with E-state index in [4.69, 9.17) is 0 Å². The molecule has 31 heavy (non-hydrogen) atoms. The van der Waals surface area contributed by atoms with Crippen LogP contribution in [0, 0.1) is 6.92 Å². The molecule has 0 aliphatic carbocycles. The predicted molar refractivity (Wildman–Crippen MR) is 140 cm³/mol. The summed E-state index contributed by atoms with van der Waals surface area (Å²) >= 11 is 5.71. The zero-order valence-corrected chi connectivity index (χ0v) is 19.4. The summed E-state index contributed by atoms with van der Waals surface area (Å²) in [6.45, 7) is 2.20. The summed E-state index contributed by atoms with van der Waals surface area (Å²) in [6, 6.07) is 32.4. The molecule has 3 heterocycles. The van der Waals surface area contributed by atoms with Crippen molar-refractivity contribution in [3.8, 4) is 11.1 Å². The van der Waals surface area contributed by atoms with Crippen LogP contribution in [0.25, 0.3) is 29.9 Å². The Labute approximate surface area is 193 Å². The quantitative estimate of drug-likeness (QED) is 0.257. The molecular weight excluding hydrogens is 435 g/mol. The van der Waals surface area contributed by atoms with Crippen LogP contribution in [0.15, 0.2) is 96.4 Å². The van der Waals surface area contributed by atoms with E-state index >= 15 is 0 Å². The van der Waals surface area contributed by atoms with E-state index in [2.05, 4.69) is 108 Å². The van der Waals surface area contributed by atoms with Crippen molar-refractivity contribution in [1.29, 1.82) is 0 Å². The first-order chi connectivity index (χ1) is 15.3. The molecule has 0 bridgehead atoms. The Hall–Kier alpha value is -2.92. The molecule has 3 aromatic carbocycles. The molecule has 0 fully saturated rings. The van der Waals surface area contributed by atoms with E-state index in [9.17, 15) is 0 Å². The highest BCUT2D eigenvalue weighted by atomic mass is 32.1. The van der Waals surface area contributed by atoms with Gasteiger partial charge in [0.2, 0.25) is 0 Å². The summed E-state index contributed by atoms with van der Waals surface area (Å²) < 4.78 is 5.72. The molecule has 4 heteroatoms. The van der Waals surface area contributed by atoms with Crippen LogP contribution in [0.2, 0.25) is 0 Å². The fourth-order valence-electron chi connectivity index (χ4n) is 4.03. The summed E-state index contributed by atoms with van der Waals surface area (Å²) in [5, 5.41) is 2.32. The number of hydrogen-bond donors (Lipinski definition) is 0. The Morgan fingerprint density at radius 2 is 1.23 bits per heavy atom. The van der Waals surface area contributed by atoms with Crippen molar-refractivity contribution >= 4 is 69.9 Å². The molecule has 0 unspecified atom stereocenters. The van der Waals surface area contributed by atoms with Crippen LogP contribution < -0.4 is 4.90 Å². The van der Waals surface area contributed by atoms with Gasteiger partial charge in [0.15, 0.2) is 0 Å². The molecule has 3 aromatic heterocycles. The number of para-hydroxylation sites is 2. The first kappa shape index (κ1) is 18.8. The number of hydrogen-bond acceptors (Lipinski definition) is 4. The van der Waals surface area contributed by atoms with Crippen molar-refractivity contribution < 1.29 is 0 Å². The van der Waals surface area contributed by atoms with Crippen molar-refractivity contribution in [2.45, 2.75) is 6.92 Å². The van der Waals surface area contributed by atoms with Gasteiger partial charge in [-0.25, -0.2) is 0 Å². The van der Waals surface area contributed by atoms with Gasteiger partial charge in [-0.2, -0.15) is 0 Å². The lowest BCUT2D eigenvalue weighted by Crippen LogP contribution is -2.09. The summed E-state index contributed by atoms with van der Waals surface area (Å²) in [5.74, 6) is 0. The molecule has 0 aliphatic heterocycles. The number of thiophene rings is 3. The number of benzene rings is 3. The molecule has 0 radical (unpaired) electrons. The Kier molecular flexibility index (Phi) is 4.64. The summed E-state index contributed by atoms with van der Waals surface area (Å²) in [7, 11) is 0. The highest BCUT2D eigenvalue weighted by Crippen LogP contribution is 2.47. The van der Waals surface area contributed by atoms with E-state index in [1.54, 1.807) is 0 Å². The maximum atomic E-state index is 2.32. The van der Waals surface area contributed by atoms with E-state index in [1.807, 2.05) is 34.0 Å². The summed E-state index contributed by atoms with van der Waals surface area (Å²) in [4.78, 5) is 3.70. The molecule has 0 amide bonds. The van der Waals surface area contributed by atoms with E-state index in [0.29, 0.717) is 0 Å². The number of rotatable bonds is 4. The number of aryl methyl sites for hydroxylation is 1. The zero-order valence-electron chi connectivity index (χ0n) is 16.9. The minimum atomic E-state index is 1.16. The number of nitrogens with zero attached hydrogens (tertiary/aromatic N) is 1. The highest BCUT2D eigenvalue weighted by molar-refractivity contribution is 7.38. The lowest BCUT2D eigenvalue weighted by Gasteiger charge is -2.25. The van der Waals surface area contributed by atoms with Gasteiger partial charge in [0.05, 0.1) is 14.1 Å². The molecule has 0 atom stereocenters. The van der Waals surface area contributed by atoms with Crippen molar-refractivity contribution in [1.82, 2.24) is 0 Å². The fourth-order valence-corrected chi connectivity index (χ4v) is 8.01. The Morgan fingerprint density at radius 1 is 0.613 bits per heavy atom. The Morgan fingerprint density at radius 3 is 1.87 bits per heavy atom. The maximum absolute atomic E-state index is 2.32. The highest BCUT2D eigenvalue weighted by Gasteiger charge is 2.16. The minimum absolute atomic E-state index is 1.16. The standard InChI is InChI=1S/C27H19NS3/c1-18-16-24-26(30-18)27-25(31-24)23(17-29-27)19-12-14-22(15-13-19)28(20-8-4-2-5-9-20)21-10-6-3-7-11-21/h2-17H,1H3. The SMILES string of the molecule is Cc1cc2sc3c(-c4ccc(N(c5ccccc5)c5ccccc5)cc4)csc3c2s1. The first-order valence-electron chi connectivity index (χ1n) is 10.2. The van der Waals surface area contributed by atoms with Gasteiger partial charge in [-0.3, -0.25) is 0 Å². The van der Waals surface area contributed by atoms with Crippen molar-refractivity contribution in [2.24, 2.45) is 0 Å². The van der Waals surface area contributed by atoms with Gasteiger partial charge in [0, 0.05) is 37.6 Å². The molecule has 0 N–H and O–H groups in total. The largest absolute Gasteiger partial charge is 0.311 e. The lowest BCUT2D eigenvalue weighted by atomic mass is 10.1. The average molecular weight is 454 g/mol. The normalized spacial score (nSPS) is 11.4. The van der Waals surface area contributed by atoms with Gasteiger partial charge in [-0.1, -0.05) is 48.5 Å². The molecule has 0 aliphatic rings. The van der Waals surface area contributed by atoms with E-state index in [-0.39, 0.29) is 0 Å². The third kappa shape index (κ3) is 3.28. The van der Waals surface area contributed by atoms with Gasteiger partial charge in [0.1, 0.15) is 0 Å². The zero-order chi connectivity index (χ0) is 20.8. The second-order valence-electron chi connectivity index (χ2n) is 7.51. The molecule has 150 valence electrons. The molecule has 1 nitrogen and oxygen atoms in total. The van der Waals surface area contributed by atoms with Crippen LogP contribution in [-0.4, -0.2) is 0 Å². The van der Waals surface area contributed by atoms with Crippen molar-refractivity contribution in [2.75, 3.05) is 4.90 Å². The van der Waals surface area contributed by atoms with Crippen LogP contribution in [0.5, 0.6) is 0 Å². The molecule has 0 saturated carbocycles. The second-order valence-corrected chi connectivity index (χ2v) is 10.7. The van der Waals surface area contributed by atoms with Gasteiger partial charge >= 0.3 is 0 Å². The summed E-state index contributed by atoms with van der Waals surface area (Å²) in [5.41, 5.74) is 6.11. The van der Waals surface area contributed by atoms with Crippen molar-refractivity contribution in [3.05, 3.63) is 101 Å². The van der Waals surface area contributed by atoms with Crippen LogP contribution in [0.1, 0.15) is 4.88 Å². The molecule has 0 saturated heterocycles. The van der Waals surface area contributed by atoms with Gasteiger partial charge in [0.25, 0.3) is 0 Å². The van der Waals surface area contributed by atoms with Gasteiger partial charge in [-0.15, -0.1) is 34.0 Å². The topological polar surface area (TPSA) is 3.24 Å². The smallest absolute Gasteiger partial charge is 0.0635 e. The fraction of sp³-hybridized carbons (Fsp3) is 0.0370.